The van der Waals surface area contributed by atoms with Crippen LogP contribution < -0.4 is 5.32 Å². The minimum absolute atomic E-state index is 0.864. The van der Waals surface area contributed by atoms with Crippen LogP contribution in [0.2, 0.25) is 0 Å². The molecule has 0 rings (SSSR count). The third-order valence-corrected chi connectivity index (χ3v) is 1.84. The average Bonchev–Trinajstić information content (AvgIpc) is 1.96. The first-order valence-electron chi connectivity index (χ1n) is 4.98. The Labute approximate surface area is 71.6 Å². The predicted octanol–water partition coefficient (Wildman–Crippen LogP) is 2.81. The Morgan fingerprint density at radius 2 is 1.73 bits per heavy atom. The van der Waals surface area contributed by atoms with Crippen molar-refractivity contribution in [3.8, 4) is 0 Å². The van der Waals surface area contributed by atoms with Crippen LogP contribution in [0.25, 0.3) is 0 Å². The smallest absolute Gasteiger partial charge is 0.00488 e. The summed E-state index contributed by atoms with van der Waals surface area (Å²) in [6.07, 6.45) is 5.32. The van der Waals surface area contributed by atoms with Gasteiger partial charge in [0.15, 0.2) is 0 Å². The summed E-state index contributed by atoms with van der Waals surface area (Å²) in [6, 6.07) is 0. The molecule has 0 radical (unpaired) electrons. The Balaban J connectivity index is 2.80. The van der Waals surface area contributed by atoms with Crippen LogP contribution in [0.4, 0.5) is 0 Å². The van der Waals surface area contributed by atoms with Gasteiger partial charge in [-0.2, -0.15) is 0 Å². The van der Waals surface area contributed by atoms with E-state index in [9.17, 15) is 0 Å². The van der Waals surface area contributed by atoms with Crippen molar-refractivity contribution in [3.05, 3.63) is 0 Å². The van der Waals surface area contributed by atoms with Crippen molar-refractivity contribution in [2.75, 3.05) is 13.1 Å². The third kappa shape index (κ3) is 9.96. The number of hydrogen-bond acceptors (Lipinski definition) is 1. The van der Waals surface area contributed by atoms with Crippen LogP contribution in [-0.2, 0) is 0 Å². The zero-order chi connectivity index (χ0) is 8.53. The Bertz CT molecular complexity index is 69.3. The number of unbranched alkanes of at least 4 members (excludes halogenated alkanes) is 1. The quantitative estimate of drug-likeness (QED) is 0.560. The molecule has 0 unspecified atom stereocenters. The molecular weight excluding hydrogens is 134 g/mol. The average molecular weight is 157 g/mol. The van der Waals surface area contributed by atoms with E-state index in [1.165, 1.54) is 38.8 Å². The van der Waals surface area contributed by atoms with Gasteiger partial charge in [0.25, 0.3) is 0 Å². The summed E-state index contributed by atoms with van der Waals surface area (Å²) in [5.41, 5.74) is 0. The molecule has 68 valence electrons. The van der Waals surface area contributed by atoms with Gasteiger partial charge in [-0.15, -0.1) is 0 Å². The lowest BCUT2D eigenvalue weighted by Crippen LogP contribution is -2.16. The van der Waals surface area contributed by atoms with Gasteiger partial charge in [-0.05, 0) is 38.3 Å². The zero-order valence-electron chi connectivity index (χ0n) is 8.32. The lowest BCUT2D eigenvalue weighted by Gasteiger charge is -2.05. The van der Waals surface area contributed by atoms with Crippen LogP contribution >= 0.6 is 0 Å². The standard InChI is InChI=1S/C10H23N/c1-4-5-8-11-9-6-7-10(2)3/h10-11H,4-9H2,1-3H3. The highest BCUT2D eigenvalue weighted by atomic mass is 14.8. The van der Waals surface area contributed by atoms with Crippen molar-refractivity contribution in [2.45, 2.75) is 46.5 Å². The number of rotatable bonds is 7. The van der Waals surface area contributed by atoms with Crippen molar-refractivity contribution >= 4 is 0 Å². The molecule has 0 saturated carbocycles. The summed E-state index contributed by atoms with van der Waals surface area (Å²) in [5.74, 6) is 0.864. The van der Waals surface area contributed by atoms with Gasteiger partial charge in [-0.3, -0.25) is 0 Å². The van der Waals surface area contributed by atoms with E-state index >= 15 is 0 Å². The fourth-order valence-corrected chi connectivity index (χ4v) is 1.06. The Hall–Kier alpha value is -0.0400. The second-order valence-electron chi connectivity index (χ2n) is 3.64. The van der Waals surface area contributed by atoms with E-state index in [1.807, 2.05) is 0 Å². The largest absolute Gasteiger partial charge is 0.317 e. The molecule has 11 heavy (non-hydrogen) atoms. The van der Waals surface area contributed by atoms with Crippen LogP contribution in [0.1, 0.15) is 46.5 Å². The molecule has 0 aliphatic carbocycles. The minimum atomic E-state index is 0.864. The Morgan fingerprint density at radius 3 is 2.27 bits per heavy atom. The van der Waals surface area contributed by atoms with Crippen molar-refractivity contribution in [1.29, 1.82) is 0 Å². The summed E-state index contributed by atoms with van der Waals surface area (Å²) < 4.78 is 0. The molecule has 0 heterocycles. The van der Waals surface area contributed by atoms with E-state index in [0.717, 1.165) is 5.92 Å². The van der Waals surface area contributed by atoms with Crippen molar-refractivity contribution in [1.82, 2.24) is 5.32 Å². The first kappa shape index (κ1) is 11.0. The van der Waals surface area contributed by atoms with Gasteiger partial charge in [0.2, 0.25) is 0 Å². The molecule has 0 bridgehead atoms. The fraction of sp³-hybridized carbons (Fsp3) is 1.00. The molecule has 0 spiro atoms. The molecule has 1 heteroatoms. The van der Waals surface area contributed by atoms with Crippen LogP contribution in [0.3, 0.4) is 0 Å². The molecule has 0 aliphatic heterocycles. The Kier molecular flexibility index (Phi) is 8.03. The molecule has 0 amide bonds. The molecule has 0 aromatic heterocycles. The first-order chi connectivity index (χ1) is 5.27. The minimum Gasteiger partial charge on any atom is -0.317 e. The number of nitrogens with one attached hydrogen (secondary N) is 1. The molecule has 0 aromatic carbocycles. The molecule has 0 aromatic rings. The SMILES string of the molecule is CCCCNCCCC(C)C. The van der Waals surface area contributed by atoms with Crippen molar-refractivity contribution in [3.63, 3.8) is 0 Å². The molecule has 1 nitrogen and oxygen atoms in total. The van der Waals surface area contributed by atoms with E-state index in [1.54, 1.807) is 0 Å². The first-order valence-corrected chi connectivity index (χ1v) is 4.98. The topological polar surface area (TPSA) is 12.0 Å². The molecule has 0 aliphatic rings. The lowest BCUT2D eigenvalue weighted by atomic mass is 10.1. The van der Waals surface area contributed by atoms with Gasteiger partial charge in [-0.1, -0.05) is 27.2 Å². The van der Waals surface area contributed by atoms with Gasteiger partial charge < -0.3 is 5.32 Å². The van der Waals surface area contributed by atoms with Crippen molar-refractivity contribution < 1.29 is 0 Å². The van der Waals surface area contributed by atoms with Crippen LogP contribution in [0.5, 0.6) is 0 Å². The van der Waals surface area contributed by atoms with E-state index in [0.29, 0.717) is 0 Å². The number of hydrogen-bond donors (Lipinski definition) is 1. The van der Waals surface area contributed by atoms with Gasteiger partial charge >= 0.3 is 0 Å². The summed E-state index contributed by atoms with van der Waals surface area (Å²) in [5, 5.41) is 3.44. The zero-order valence-corrected chi connectivity index (χ0v) is 8.32. The van der Waals surface area contributed by atoms with Crippen LogP contribution in [-0.4, -0.2) is 13.1 Å². The van der Waals surface area contributed by atoms with E-state index in [4.69, 9.17) is 0 Å². The molecule has 0 saturated heterocycles. The normalized spacial score (nSPS) is 10.9. The highest BCUT2D eigenvalue weighted by Crippen LogP contribution is 2.01. The summed E-state index contributed by atoms with van der Waals surface area (Å²) in [7, 11) is 0. The monoisotopic (exact) mass is 157 g/mol. The summed E-state index contributed by atoms with van der Waals surface area (Å²) in [4.78, 5) is 0. The van der Waals surface area contributed by atoms with Crippen LogP contribution in [0.15, 0.2) is 0 Å². The summed E-state index contributed by atoms with van der Waals surface area (Å²) >= 11 is 0. The van der Waals surface area contributed by atoms with E-state index in [-0.39, 0.29) is 0 Å². The second kappa shape index (κ2) is 8.06. The van der Waals surface area contributed by atoms with E-state index in [2.05, 4.69) is 26.1 Å². The molecule has 0 atom stereocenters. The van der Waals surface area contributed by atoms with Gasteiger partial charge in [0.05, 0.1) is 0 Å². The fourth-order valence-electron chi connectivity index (χ4n) is 1.06. The maximum Gasteiger partial charge on any atom is -0.00488 e. The van der Waals surface area contributed by atoms with Gasteiger partial charge in [0, 0.05) is 0 Å². The third-order valence-electron chi connectivity index (χ3n) is 1.84. The van der Waals surface area contributed by atoms with Gasteiger partial charge in [-0.25, -0.2) is 0 Å². The maximum absolute atomic E-state index is 3.44. The molecule has 1 N–H and O–H groups in total. The highest BCUT2D eigenvalue weighted by Gasteiger charge is 1.92. The van der Waals surface area contributed by atoms with Crippen LogP contribution in [0, 0.1) is 5.92 Å². The lowest BCUT2D eigenvalue weighted by molar-refractivity contribution is 0.523. The predicted molar refractivity (Wildman–Crippen MR) is 51.8 cm³/mol. The summed E-state index contributed by atoms with van der Waals surface area (Å²) in [6.45, 7) is 9.21. The van der Waals surface area contributed by atoms with Crippen molar-refractivity contribution in [2.24, 2.45) is 5.92 Å². The Morgan fingerprint density at radius 1 is 1.09 bits per heavy atom. The molecular formula is C10H23N. The second-order valence-corrected chi connectivity index (χ2v) is 3.64. The van der Waals surface area contributed by atoms with Gasteiger partial charge in [0.1, 0.15) is 0 Å². The van der Waals surface area contributed by atoms with E-state index < -0.39 is 0 Å². The highest BCUT2D eigenvalue weighted by molar-refractivity contribution is 4.50. The molecule has 0 fully saturated rings. The maximum atomic E-state index is 3.44.